The molecular formula is C24H26N2O3. The molecule has 5 nitrogen and oxygen atoms in total. The van der Waals surface area contributed by atoms with Crippen LogP contribution in [0.4, 0.5) is 0 Å². The summed E-state index contributed by atoms with van der Waals surface area (Å²) in [5, 5.41) is 2.98. The maximum absolute atomic E-state index is 12.7. The summed E-state index contributed by atoms with van der Waals surface area (Å²) >= 11 is 0. The topological polar surface area (TPSA) is 64.4 Å². The highest BCUT2D eigenvalue weighted by Crippen LogP contribution is 2.30. The summed E-state index contributed by atoms with van der Waals surface area (Å²) in [5.74, 6) is 1.28. The van der Waals surface area contributed by atoms with E-state index in [1.807, 2.05) is 31.2 Å². The molecule has 1 atom stereocenters. The van der Waals surface area contributed by atoms with Crippen LogP contribution in [0.25, 0.3) is 0 Å². The molecule has 2 aromatic heterocycles. The molecule has 0 saturated heterocycles. The van der Waals surface area contributed by atoms with Gasteiger partial charge in [0.05, 0.1) is 6.04 Å². The minimum absolute atomic E-state index is 0.195. The number of nitrogens with zero attached hydrogens (tertiary/aromatic N) is 1. The number of benzene rings is 1. The van der Waals surface area contributed by atoms with E-state index in [-0.39, 0.29) is 23.7 Å². The molecule has 0 aliphatic rings. The number of nitrogens with one attached hydrogen (secondary N) is 1. The Morgan fingerprint density at radius 1 is 1.17 bits per heavy atom. The summed E-state index contributed by atoms with van der Waals surface area (Å²) in [6.45, 7) is 10.0. The number of hydrogen-bond donors (Lipinski definition) is 1. The number of carbonyl (C=O) groups excluding carboxylic acids is 1. The van der Waals surface area contributed by atoms with Gasteiger partial charge in [-0.15, -0.1) is 6.58 Å². The van der Waals surface area contributed by atoms with Gasteiger partial charge in [0.15, 0.2) is 5.76 Å². The molecule has 1 aromatic carbocycles. The van der Waals surface area contributed by atoms with Gasteiger partial charge in [0, 0.05) is 18.5 Å². The number of ether oxygens (including phenoxy) is 1. The molecule has 0 aliphatic heterocycles. The Hall–Kier alpha value is -3.34. The smallest absolute Gasteiger partial charge is 0.290 e. The fourth-order valence-corrected chi connectivity index (χ4v) is 2.96. The summed E-state index contributed by atoms with van der Waals surface area (Å²) in [6.07, 6.45) is 5.77. The second-order valence-corrected chi connectivity index (χ2v) is 7.23. The van der Waals surface area contributed by atoms with Gasteiger partial charge in [0.2, 0.25) is 0 Å². The molecule has 0 saturated carbocycles. The van der Waals surface area contributed by atoms with Crippen molar-refractivity contribution in [3.05, 3.63) is 90.0 Å². The van der Waals surface area contributed by atoms with Gasteiger partial charge in [-0.05, 0) is 60.2 Å². The maximum atomic E-state index is 12.7. The third-order valence-corrected chi connectivity index (χ3v) is 4.71. The summed E-state index contributed by atoms with van der Waals surface area (Å²) < 4.78 is 11.5. The molecule has 0 spiro atoms. The van der Waals surface area contributed by atoms with Gasteiger partial charge < -0.3 is 14.5 Å². The van der Waals surface area contributed by atoms with E-state index in [2.05, 4.69) is 36.8 Å². The lowest BCUT2D eigenvalue weighted by atomic mass is 10.0. The first-order valence-corrected chi connectivity index (χ1v) is 9.68. The molecule has 3 rings (SSSR count). The van der Waals surface area contributed by atoms with Crippen LogP contribution in [0, 0.1) is 6.92 Å². The number of rotatable bonds is 8. The summed E-state index contributed by atoms with van der Waals surface area (Å²) in [5.41, 5.74) is 3.14. The van der Waals surface area contributed by atoms with Crippen molar-refractivity contribution in [2.45, 2.75) is 39.2 Å². The third-order valence-electron chi connectivity index (χ3n) is 4.71. The zero-order valence-corrected chi connectivity index (χ0v) is 17.0. The number of hydrogen-bond acceptors (Lipinski definition) is 4. The fraction of sp³-hybridized carbons (Fsp3) is 0.250. The first kappa shape index (κ1) is 20.4. The van der Waals surface area contributed by atoms with Crippen LogP contribution in [0.5, 0.6) is 11.7 Å². The van der Waals surface area contributed by atoms with Gasteiger partial charge in [-0.2, -0.15) is 0 Å². The highest BCUT2D eigenvalue weighted by atomic mass is 16.6. The van der Waals surface area contributed by atoms with Crippen LogP contribution >= 0.6 is 0 Å². The minimum atomic E-state index is -0.309. The Morgan fingerprint density at radius 2 is 1.93 bits per heavy atom. The standard InChI is InChI=1S/C24H26N2O3/c1-5-6-20(18-11-13-25-14-12-18)26-24(27)21-9-10-23(28-21)29-22-15-19(16(2)3)8-7-17(22)4/h5,7-16,20H,1,6H2,2-4H3,(H,26,27). The monoisotopic (exact) mass is 390 g/mol. The molecule has 1 unspecified atom stereocenters. The first-order chi connectivity index (χ1) is 14.0. The van der Waals surface area contributed by atoms with Gasteiger partial charge in [-0.25, -0.2) is 0 Å². The summed E-state index contributed by atoms with van der Waals surface area (Å²) in [6, 6.07) is 12.9. The van der Waals surface area contributed by atoms with E-state index in [9.17, 15) is 4.79 Å². The van der Waals surface area contributed by atoms with Crippen LogP contribution in [-0.4, -0.2) is 10.9 Å². The zero-order chi connectivity index (χ0) is 20.8. The number of pyridine rings is 1. The van der Waals surface area contributed by atoms with Crippen LogP contribution < -0.4 is 10.1 Å². The Kier molecular flexibility index (Phi) is 6.50. The van der Waals surface area contributed by atoms with Crippen LogP contribution in [0.2, 0.25) is 0 Å². The molecule has 1 amide bonds. The third kappa shape index (κ3) is 5.13. The number of furan rings is 1. The number of aromatic nitrogens is 1. The van der Waals surface area contributed by atoms with Crippen molar-refractivity contribution in [2.75, 3.05) is 0 Å². The molecular weight excluding hydrogens is 364 g/mol. The van der Waals surface area contributed by atoms with E-state index in [4.69, 9.17) is 9.15 Å². The highest BCUT2D eigenvalue weighted by Gasteiger charge is 2.18. The predicted molar refractivity (Wildman–Crippen MR) is 113 cm³/mol. The Bertz CT molecular complexity index is 977. The van der Waals surface area contributed by atoms with Crippen molar-refractivity contribution in [2.24, 2.45) is 0 Å². The normalized spacial score (nSPS) is 11.9. The Morgan fingerprint density at radius 3 is 2.62 bits per heavy atom. The molecule has 150 valence electrons. The van der Waals surface area contributed by atoms with E-state index in [0.717, 1.165) is 16.9 Å². The SMILES string of the molecule is C=CCC(NC(=O)c1ccc(Oc2cc(C(C)C)ccc2C)o1)c1ccncc1. The zero-order valence-electron chi connectivity index (χ0n) is 17.0. The van der Waals surface area contributed by atoms with Gasteiger partial charge >= 0.3 is 0 Å². The number of aryl methyl sites for hydroxylation is 1. The number of carbonyl (C=O) groups is 1. The van der Waals surface area contributed by atoms with E-state index >= 15 is 0 Å². The number of amides is 1. The summed E-state index contributed by atoms with van der Waals surface area (Å²) in [7, 11) is 0. The van der Waals surface area contributed by atoms with Gasteiger partial charge in [-0.1, -0.05) is 32.1 Å². The lowest BCUT2D eigenvalue weighted by Crippen LogP contribution is -2.27. The van der Waals surface area contributed by atoms with Crippen molar-refractivity contribution >= 4 is 5.91 Å². The van der Waals surface area contributed by atoms with Gasteiger partial charge in [-0.3, -0.25) is 9.78 Å². The molecule has 1 N–H and O–H groups in total. The average Bonchev–Trinajstić information content (AvgIpc) is 3.18. The highest BCUT2D eigenvalue weighted by molar-refractivity contribution is 5.91. The van der Waals surface area contributed by atoms with Crippen molar-refractivity contribution in [3.63, 3.8) is 0 Å². The van der Waals surface area contributed by atoms with Crippen LogP contribution in [0.3, 0.4) is 0 Å². The second kappa shape index (κ2) is 9.24. The minimum Gasteiger partial charge on any atom is -0.426 e. The molecule has 0 radical (unpaired) electrons. The van der Waals surface area contributed by atoms with Crippen LogP contribution in [0.15, 0.2) is 71.9 Å². The van der Waals surface area contributed by atoms with Crippen molar-refractivity contribution in [3.8, 4) is 11.7 Å². The lowest BCUT2D eigenvalue weighted by molar-refractivity contribution is 0.0904. The van der Waals surface area contributed by atoms with E-state index in [1.54, 1.807) is 30.6 Å². The molecule has 0 fully saturated rings. The Balaban J connectivity index is 1.73. The first-order valence-electron chi connectivity index (χ1n) is 9.68. The molecule has 0 bridgehead atoms. The Labute approximate surface area is 171 Å². The van der Waals surface area contributed by atoms with Crippen molar-refractivity contribution < 1.29 is 13.9 Å². The van der Waals surface area contributed by atoms with E-state index < -0.39 is 0 Å². The van der Waals surface area contributed by atoms with E-state index in [0.29, 0.717) is 12.3 Å². The van der Waals surface area contributed by atoms with Gasteiger partial charge in [0.1, 0.15) is 5.75 Å². The predicted octanol–water partition coefficient (Wildman–Crippen LogP) is 5.95. The van der Waals surface area contributed by atoms with Crippen molar-refractivity contribution in [1.29, 1.82) is 0 Å². The van der Waals surface area contributed by atoms with E-state index in [1.165, 1.54) is 5.56 Å². The largest absolute Gasteiger partial charge is 0.426 e. The average molecular weight is 390 g/mol. The van der Waals surface area contributed by atoms with Gasteiger partial charge in [0.25, 0.3) is 11.9 Å². The van der Waals surface area contributed by atoms with Crippen LogP contribution in [-0.2, 0) is 0 Å². The molecule has 2 heterocycles. The second-order valence-electron chi connectivity index (χ2n) is 7.23. The van der Waals surface area contributed by atoms with Crippen LogP contribution in [0.1, 0.15) is 59.5 Å². The quantitative estimate of drug-likeness (QED) is 0.483. The molecule has 5 heteroatoms. The van der Waals surface area contributed by atoms with Crippen molar-refractivity contribution in [1.82, 2.24) is 10.3 Å². The molecule has 0 aliphatic carbocycles. The summed E-state index contributed by atoms with van der Waals surface area (Å²) in [4.78, 5) is 16.7. The lowest BCUT2D eigenvalue weighted by Gasteiger charge is -2.16. The molecule has 3 aromatic rings. The molecule has 29 heavy (non-hydrogen) atoms. The fourth-order valence-electron chi connectivity index (χ4n) is 2.96. The maximum Gasteiger partial charge on any atom is 0.290 e.